The molecule has 1 unspecified atom stereocenters. The first-order chi connectivity index (χ1) is 13.1. The SMILES string of the molecule is CCN1CCN(c2nc3c(c(Nc4ccccc4)n2)C(=O)CC(C)C3)CC1. The van der Waals surface area contributed by atoms with Crippen molar-refractivity contribution in [2.45, 2.75) is 26.7 Å². The van der Waals surface area contributed by atoms with Crippen LogP contribution in [-0.2, 0) is 6.42 Å². The second-order valence-electron chi connectivity index (χ2n) is 7.54. The summed E-state index contributed by atoms with van der Waals surface area (Å²) in [6, 6.07) is 9.91. The molecule has 1 N–H and O–H groups in total. The highest BCUT2D eigenvalue weighted by Gasteiger charge is 2.30. The normalized spacial score (nSPS) is 20.4. The topological polar surface area (TPSA) is 61.4 Å². The summed E-state index contributed by atoms with van der Waals surface area (Å²) in [5.41, 5.74) is 2.50. The van der Waals surface area contributed by atoms with E-state index >= 15 is 0 Å². The molecule has 1 aromatic carbocycles. The number of para-hydroxylation sites is 1. The fourth-order valence-electron chi connectivity index (χ4n) is 3.91. The number of nitrogens with zero attached hydrogens (tertiary/aromatic N) is 4. The molecule has 2 aromatic rings. The summed E-state index contributed by atoms with van der Waals surface area (Å²) in [5, 5.41) is 3.37. The van der Waals surface area contributed by atoms with Gasteiger partial charge in [-0.2, -0.15) is 4.98 Å². The van der Waals surface area contributed by atoms with E-state index in [9.17, 15) is 4.79 Å². The Morgan fingerprint density at radius 1 is 1.07 bits per heavy atom. The van der Waals surface area contributed by atoms with Crippen molar-refractivity contribution in [3.05, 3.63) is 41.6 Å². The van der Waals surface area contributed by atoms with Crippen LogP contribution in [0.3, 0.4) is 0 Å². The molecule has 1 fully saturated rings. The number of hydrogen-bond donors (Lipinski definition) is 1. The zero-order valence-corrected chi connectivity index (χ0v) is 16.1. The molecular formula is C21H27N5O. The average molecular weight is 365 g/mol. The number of benzene rings is 1. The summed E-state index contributed by atoms with van der Waals surface area (Å²) >= 11 is 0. The van der Waals surface area contributed by atoms with Crippen molar-refractivity contribution in [2.75, 3.05) is 42.9 Å². The van der Waals surface area contributed by atoms with E-state index in [1.165, 1.54) is 0 Å². The number of fused-ring (bicyclic) bond motifs is 1. The highest BCUT2D eigenvalue weighted by Crippen LogP contribution is 2.32. The van der Waals surface area contributed by atoms with Crippen molar-refractivity contribution >= 4 is 23.2 Å². The summed E-state index contributed by atoms with van der Waals surface area (Å²) < 4.78 is 0. The Morgan fingerprint density at radius 2 is 1.81 bits per heavy atom. The molecule has 6 nitrogen and oxygen atoms in total. The number of carbonyl (C=O) groups excluding carboxylic acids is 1. The van der Waals surface area contributed by atoms with E-state index in [-0.39, 0.29) is 5.78 Å². The maximum atomic E-state index is 12.7. The van der Waals surface area contributed by atoms with E-state index in [0.717, 1.165) is 56.5 Å². The van der Waals surface area contributed by atoms with Gasteiger partial charge < -0.3 is 15.1 Å². The number of likely N-dealkylation sites (N-methyl/N-ethyl adjacent to an activating group) is 1. The smallest absolute Gasteiger partial charge is 0.227 e. The third-order valence-corrected chi connectivity index (χ3v) is 5.47. The Labute approximate surface area is 160 Å². The quantitative estimate of drug-likeness (QED) is 0.898. The molecule has 0 spiro atoms. The van der Waals surface area contributed by atoms with Crippen LogP contribution in [0.1, 0.15) is 36.3 Å². The number of piperazine rings is 1. The van der Waals surface area contributed by atoms with E-state index in [2.05, 4.69) is 29.0 Å². The molecule has 0 saturated carbocycles. The second-order valence-corrected chi connectivity index (χ2v) is 7.54. The third-order valence-electron chi connectivity index (χ3n) is 5.47. The van der Waals surface area contributed by atoms with Crippen molar-refractivity contribution in [3.63, 3.8) is 0 Å². The minimum absolute atomic E-state index is 0.143. The summed E-state index contributed by atoms with van der Waals surface area (Å²) in [7, 11) is 0. The number of hydrogen-bond acceptors (Lipinski definition) is 6. The van der Waals surface area contributed by atoms with E-state index in [0.29, 0.717) is 23.7 Å². The van der Waals surface area contributed by atoms with E-state index in [1.807, 2.05) is 30.3 Å². The van der Waals surface area contributed by atoms with Gasteiger partial charge in [0.2, 0.25) is 5.95 Å². The molecule has 1 saturated heterocycles. The third kappa shape index (κ3) is 3.81. The first-order valence-corrected chi connectivity index (χ1v) is 9.87. The fourth-order valence-corrected chi connectivity index (χ4v) is 3.91. The van der Waals surface area contributed by atoms with Crippen molar-refractivity contribution < 1.29 is 4.79 Å². The molecular weight excluding hydrogens is 338 g/mol. The van der Waals surface area contributed by atoms with Gasteiger partial charge in [-0.25, -0.2) is 4.98 Å². The van der Waals surface area contributed by atoms with Crippen LogP contribution >= 0.6 is 0 Å². The molecule has 1 aromatic heterocycles. The summed E-state index contributed by atoms with van der Waals surface area (Å²) in [6.07, 6.45) is 1.39. The molecule has 2 heterocycles. The highest BCUT2D eigenvalue weighted by molar-refractivity contribution is 6.03. The first kappa shape index (κ1) is 17.9. The van der Waals surface area contributed by atoms with Crippen LogP contribution in [0, 0.1) is 5.92 Å². The molecule has 1 atom stereocenters. The van der Waals surface area contributed by atoms with Crippen LogP contribution in [0.2, 0.25) is 0 Å². The van der Waals surface area contributed by atoms with Crippen LogP contribution < -0.4 is 10.2 Å². The predicted octanol–water partition coefficient (Wildman–Crippen LogP) is 3.13. The van der Waals surface area contributed by atoms with E-state index in [1.54, 1.807) is 0 Å². The van der Waals surface area contributed by atoms with E-state index < -0.39 is 0 Å². The molecule has 1 aliphatic carbocycles. The van der Waals surface area contributed by atoms with Gasteiger partial charge in [0.15, 0.2) is 5.78 Å². The van der Waals surface area contributed by atoms with Crippen LogP contribution in [0.25, 0.3) is 0 Å². The van der Waals surface area contributed by atoms with Gasteiger partial charge in [-0.1, -0.05) is 32.0 Å². The molecule has 0 bridgehead atoms. The number of anilines is 3. The lowest BCUT2D eigenvalue weighted by molar-refractivity contribution is 0.0952. The predicted molar refractivity (Wildman–Crippen MR) is 108 cm³/mol. The van der Waals surface area contributed by atoms with Gasteiger partial charge in [0, 0.05) is 38.3 Å². The molecule has 142 valence electrons. The Kier molecular flexibility index (Phi) is 5.07. The van der Waals surface area contributed by atoms with Gasteiger partial charge >= 0.3 is 0 Å². The number of aromatic nitrogens is 2. The first-order valence-electron chi connectivity index (χ1n) is 9.87. The zero-order valence-electron chi connectivity index (χ0n) is 16.1. The van der Waals surface area contributed by atoms with Crippen LogP contribution in [0.5, 0.6) is 0 Å². The monoisotopic (exact) mass is 365 g/mol. The van der Waals surface area contributed by atoms with Crippen LogP contribution in [0.15, 0.2) is 30.3 Å². The Hall–Kier alpha value is -2.47. The summed E-state index contributed by atoms with van der Waals surface area (Å²) in [4.78, 5) is 27.0. The van der Waals surface area contributed by atoms with Crippen molar-refractivity contribution in [1.82, 2.24) is 14.9 Å². The number of rotatable bonds is 4. The van der Waals surface area contributed by atoms with E-state index in [4.69, 9.17) is 9.97 Å². The lowest BCUT2D eigenvalue weighted by atomic mass is 9.87. The van der Waals surface area contributed by atoms with Gasteiger partial charge in [-0.05, 0) is 31.0 Å². The van der Waals surface area contributed by atoms with Crippen molar-refractivity contribution in [3.8, 4) is 0 Å². The van der Waals surface area contributed by atoms with Gasteiger partial charge in [-0.3, -0.25) is 4.79 Å². The fraction of sp³-hybridized carbons (Fsp3) is 0.476. The molecule has 27 heavy (non-hydrogen) atoms. The van der Waals surface area contributed by atoms with Gasteiger partial charge in [-0.15, -0.1) is 0 Å². The number of Topliss-reactive ketones (excluding diaryl/α,β-unsaturated/α-hetero) is 1. The standard InChI is InChI=1S/C21H27N5O/c1-3-25-9-11-26(12-10-25)21-23-17-13-15(2)14-18(27)19(17)20(24-21)22-16-7-5-4-6-8-16/h4-8,15H,3,9-14H2,1-2H3,(H,22,23,24). The molecule has 2 aliphatic rings. The average Bonchev–Trinajstić information content (AvgIpc) is 2.68. The lowest BCUT2D eigenvalue weighted by Crippen LogP contribution is -2.47. The zero-order chi connectivity index (χ0) is 18.8. The lowest BCUT2D eigenvalue weighted by Gasteiger charge is -2.35. The minimum atomic E-state index is 0.143. The van der Waals surface area contributed by atoms with Crippen LogP contribution in [0.4, 0.5) is 17.5 Å². The largest absolute Gasteiger partial charge is 0.339 e. The van der Waals surface area contributed by atoms with Crippen LogP contribution in [-0.4, -0.2) is 53.4 Å². The molecule has 4 rings (SSSR count). The van der Waals surface area contributed by atoms with Gasteiger partial charge in [0.05, 0.1) is 11.3 Å². The van der Waals surface area contributed by atoms with Crippen molar-refractivity contribution in [2.24, 2.45) is 5.92 Å². The Morgan fingerprint density at radius 3 is 2.52 bits per heavy atom. The maximum Gasteiger partial charge on any atom is 0.227 e. The second kappa shape index (κ2) is 7.64. The molecule has 0 radical (unpaired) electrons. The highest BCUT2D eigenvalue weighted by atomic mass is 16.1. The molecule has 1 aliphatic heterocycles. The molecule has 6 heteroatoms. The summed E-state index contributed by atoms with van der Waals surface area (Å²) in [6.45, 7) is 9.27. The Bertz CT molecular complexity index is 815. The minimum Gasteiger partial charge on any atom is -0.339 e. The van der Waals surface area contributed by atoms with Gasteiger partial charge in [0.1, 0.15) is 5.82 Å². The van der Waals surface area contributed by atoms with Gasteiger partial charge in [0.25, 0.3) is 0 Å². The summed E-state index contributed by atoms with van der Waals surface area (Å²) in [5.74, 6) is 1.86. The number of carbonyl (C=O) groups is 1. The number of ketones is 1. The maximum absolute atomic E-state index is 12.7. The molecule has 0 amide bonds. The number of nitrogens with one attached hydrogen (secondary N) is 1. The van der Waals surface area contributed by atoms with Crippen molar-refractivity contribution in [1.29, 1.82) is 0 Å². The Balaban J connectivity index is 1.70.